The van der Waals surface area contributed by atoms with Crippen molar-refractivity contribution in [3.8, 4) is 0 Å². The van der Waals surface area contributed by atoms with Crippen molar-refractivity contribution in [3.05, 3.63) is 88.5 Å². The molecule has 4 rings (SSSR count). The molecule has 0 atom stereocenters. The predicted molar refractivity (Wildman–Crippen MR) is 94.3 cm³/mol. The van der Waals surface area contributed by atoms with Crippen molar-refractivity contribution in [1.82, 2.24) is 0 Å². The van der Waals surface area contributed by atoms with Gasteiger partial charge in [0.15, 0.2) is 0 Å². The summed E-state index contributed by atoms with van der Waals surface area (Å²) in [5.74, 6) is -1.36. The van der Waals surface area contributed by atoms with Gasteiger partial charge in [-0.05, 0) is 35.0 Å². The van der Waals surface area contributed by atoms with Crippen molar-refractivity contribution in [3.63, 3.8) is 0 Å². The molecule has 1 aromatic heterocycles. The summed E-state index contributed by atoms with van der Waals surface area (Å²) in [5.41, 5.74) is -0.433. The average molecular weight is 333 g/mol. The summed E-state index contributed by atoms with van der Waals surface area (Å²) in [6, 6.07) is 18.3. The highest BCUT2D eigenvalue weighted by Crippen LogP contribution is 2.26. The van der Waals surface area contributed by atoms with Crippen LogP contribution in [0.5, 0.6) is 0 Å². The highest BCUT2D eigenvalue weighted by atomic mass is 19.1. The van der Waals surface area contributed by atoms with Crippen molar-refractivity contribution in [2.75, 3.05) is 5.32 Å². The molecule has 0 bridgehead atoms. The number of carbonyl (C=O) groups is 1. The third-order valence-corrected chi connectivity index (χ3v) is 4.01. The van der Waals surface area contributed by atoms with E-state index in [0.717, 1.165) is 10.8 Å². The van der Waals surface area contributed by atoms with Crippen LogP contribution in [0.3, 0.4) is 0 Å². The number of amides is 1. The minimum atomic E-state index is -0.704. The second-order valence-electron chi connectivity index (χ2n) is 5.58. The Hall–Kier alpha value is -3.47. The van der Waals surface area contributed by atoms with Crippen molar-refractivity contribution >= 4 is 33.3 Å². The average Bonchev–Trinajstić information content (AvgIpc) is 2.62. The first-order chi connectivity index (χ1) is 12.1. The van der Waals surface area contributed by atoms with Crippen LogP contribution in [0, 0.1) is 5.82 Å². The maximum Gasteiger partial charge on any atom is 0.360 e. The second kappa shape index (κ2) is 5.87. The number of fused-ring (bicyclic) bond motifs is 3. The summed E-state index contributed by atoms with van der Waals surface area (Å²) < 4.78 is 19.0. The Kier molecular flexibility index (Phi) is 3.54. The van der Waals surface area contributed by atoms with E-state index in [-0.39, 0.29) is 11.3 Å². The second-order valence-corrected chi connectivity index (χ2v) is 5.58. The van der Waals surface area contributed by atoms with E-state index in [2.05, 4.69) is 5.32 Å². The fourth-order valence-electron chi connectivity index (χ4n) is 2.79. The zero-order valence-corrected chi connectivity index (χ0v) is 13.0. The fourth-order valence-corrected chi connectivity index (χ4v) is 2.79. The van der Waals surface area contributed by atoms with Crippen LogP contribution in [0.1, 0.15) is 10.4 Å². The van der Waals surface area contributed by atoms with E-state index in [1.807, 2.05) is 30.3 Å². The van der Waals surface area contributed by atoms with Gasteiger partial charge in [0.05, 0.1) is 5.56 Å². The van der Waals surface area contributed by atoms with Crippen molar-refractivity contribution in [2.45, 2.75) is 0 Å². The number of rotatable bonds is 2. The van der Waals surface area contributed by atoms with E-state index in [0.29, 0.717) is 11.0 Å². The number of carbonyl (C=O) groups excluding carboxylic acids is 1. The zero-order chi connectivity index (χ0) is 17.4. The predicted octanol–water partition coefficient (Wildman–Crippen LogP) is 4.34. The quantitative estimate of drug-likeness (QED) is 0.438. The van der Waals surface area contributed by atoms with Gasteiger partial charge in [0, 0.05) is 5.39 Å². The minimum absolute atomic E-state index is 0.0305. The number of hydrogen-bond acceptors (Lipinski definition) is 3. The molecule has 4 aromatic rings. The molecule has 1 amide bonds. The largest absolute Gasteiger partial charge is 0.421 e. The van der Waals surface area contributed by atoms with Crippen molar-refractivity contribution in [1.29, 1.82) is 0 Å². The smallest absolute Gasteiger partial charge is 0.360 e. The summed E-state index contributed by atoms with van der Waals surface area (Å²) in [4.78, 5) is 24.4. The molecule has 3 aromatic carbocycles. The Bertz CT molecular complexity index is 1180. The van der Waals surface area contributed by atoms with Crippen LogP contribution in [-0.2, 0) is 0 Å². The first-order valence-electron chi connectivity index (χ1n) is 7.65. The third-order valence-electron chi connectivity index (χ3n) is 4.01. The molecule has 0 aliphatic carbocycles. The molecule has 0 saturated carbocycles. The lowest BCUT2D eigenvalue weighted by Crippen LogP contribution is -2.18. The Labute approximate surface area is 141 Å². The Morgan fingerprint density at radius 1 is 0.920 bits per heavy atom. The maximum atomic E-state index is 13.7. The van der Waals surface area contributed by atoms with E-state index in [1.54, 1.807) is 18.2 Å². The Balaban J connectivity index is 1.83. The third kappa shape index (κ3) is 2.65. The van der Waals surface area contributed by atoms with Crippen LogP contribution in [-0.4, -0.2) is 5.91 Å². The molecular formula is C20H12FNO3. The highest BCUT2D eigenvalue weighted by Gasteiger charge is 2.14. The van der Waals surface area contributed by atoms with Gasteiger partial charge in [-0.25, -0.2) is 9.18 Å². The molecule has 4 nitrogen and oxygen atoms in total. The van der Waals surface area contributed by atoms with Crippen molar-refractivity contribution < 1.29 is 13.6 Å². The molecule has 0 unspecified atom stereocenters. The van der Waals surface area contributed by atoms with Gasteiger partial charge >= 0.3 is 5.63 Å². The van der Waals surface area contributed by atoms with E-state index in [4.69, 9.17) is 4.42 Å². The molecule has 0 radical (unpaired) electrons. The van der Waals surface area contributed by atoms with E-state index >= 15 is 0 Å². The molecule has 5 heteroatoms. The Morgan fingerprint density at radius 2 is 1.68 bits per heavy atom. The lowest BCUT2D eigenvalue weighted by Gasteiger charge is -2.07. The molecule has 1 N–H and O–H groups in total. The van der Waals surface area contributed by atoms with Gasteiger partial charge < -0.3 is 9.73 Å². The summed E-state index contributed by atoms with van der Waals surface area (Å²) in [6.45, 7) is 0. The Morgan fingerprint density at radius 3 is 2.52 bits per heavy atom. The molecular weight excluding hydrogens is 321 g/mol. The molecule has 0 spiro atoms. The van der Waals surface area contributed by atoms with Crippen LogP contribution >= 0.6 is 0 Å². The van der Waals surface area contributed by atoms with Crippen LogP contribution in [0.25, 0.3) is 21.7 Å². The van der Waals surface area contributed by atoms with Gasteiger partial charge in [0.1, 0.15) is 17.1 Å². The number of nitrogens with one attached hydrogen (secondary N) is 1. The molecule has 0 aliphatic heterocycles. The van der Waals surface area contributed by atoms with E-state index < -0.39 is 17.3 Å². The minimum Gasteiger partial charge on any atom is -0.421 e. The van der Waals surface area contributed by atoms with Gasteiger partial charge in [-0.3, -0.25) is 4.79 Å². The number of benzene rings is 3. The van der Waals surface area contributed by atoms with Crippen LogP contribution in [0.2, 0.25) is 0 Å². The van der Waals surface area contributed by atoms with Crippen LogP contribution in [0.4, 0.5) is 10.1 Å². The first kappa shape index (κ1) is 15.1. The van der Waals surface area contributed by atoms with Gasteiger partial charge in [0.25, 0.3) is 5.91 Å². The standard InChI is InChI=1S/C20H12FNO3/c21-16-8-4-3-7-14(16)19(23)22-17-11-15-13-6-2-1-5-12(13)9-10-18(15)25-20(17)24/h1-11H,(H,22,23). The number of hydrogen-bond donors (Lipinski definition) is 1. The van der Waals surface area contributed by atoms with Gasteiger partial charge in [-0.15, -0.1) is 0 Å². The van der Waals surface area contributed by atoms with E-state index in [1.165, 1.54) is 18.2 Å². The van der Waals surface area contributed by atoms with Gasteiger partial charge in [-0.2, -0.15) is 0 Å². The maximum absolute atomic E-state index is 13.7. The van der Waals surface area contributed by atoms with Crippen LogP contribution in [0.15, 0.2) is 75.9 Å². The molecule has 122 valence electrons. The molecule has 1 heterocycles. The molecule has 25 heavy (non-hydrogen) atoms. The number of halogens is 1. The summed E-state index contributed by atoms with van der Waals surface area (Å²) >= 11 is 0. The monoisotopic (exact) mass is 333 g/mol. The molecule has 0 fully saturated rings. The zero-order valence-electron chi connectivity index (χ0n) is 13.0. The summed E-state index contributed by atoms with van der Waals surface area (Å²) in [6.07, 6.45) is 0. The number of anilines is 1. The summed E-state index contributed by atoms with van der Waals surface area (Å²) in [7, 11) is 0. The van der Waals surface area contributed by atoms with Crippen molar-refractivity contribution in [2.24, 2.45) is 0 Å². The van der Waals surface area contributed by atoms with Gasteiger partial charge in [-0.1, -0.05) is 42.5 Å². The molecule has 0 saturated heterocycles. The fraction of sp³-hybridized carbons (Fsp3) is 0. The topological polar surface area (TPSA) is 59.3 Å². The molecule has 0 aliphatic rings. The SMILES string of the molecule is O=C(Nc1cc2c(ccc3ccccc32)oc1=O)c1ccccc1F. The summed E-state index contributed by atoms with van der Waals surface area (Å²) in [5, 5.41) is 5.01. The van der Waals surface area contributed by atoms with Crippen LogP contribution < -0.4 is 10.9 Å². The first-order valence-corrected chi connectivity index (χ1v) is 7.65. The van der Waals surface area contributed by atoms with E-state index in [9.17, 15) is 14.0 Å². The highest BCUT2D eigenvalue weighted by molar-refractivity contribution is 6.08. The lowest BCUT2D eigenvalue weighted by molar-refractivity contribution is 0.102. The lowest BCUT2D eigenvalue weighted by atomic mass is 10.1. The normalized spacial score (nSPS) is 10.9. The van der Waals surface area contributed by atoms with Gasteiger partial charge in [0.2, 0.25) is 0 Å².